The van der Waals surface area contributed by atoms with E-state index < -0.39 is 0 Å². The van der Waals surface area contributed by atoms with E-state index in [-0.39, 0.29) is 0 Å². The van der Waals surface area contributed by atoms with Gasteiger partial charge in [0.1, 0.15) is 0 Å². The first-order valence-electron chi connectivity index (χ1n) is 4.42. The highest BCUT2D eigenvalue weighted by atomic mass is 15.1. The Balaban J connectivity index is 2.46. The second-order valence-corrected chi connectivity index (χ2v) is 3.05. The molecule has 0 radical (unpaired) electrons. The number of aromatic nitrogens is 4. The predicted octanol–water partition coefficient (Wildman–Crippen LogP) is 1.47. The lowest BCUT2D eigenvalue weighted by molar-refractivity contribution is 0.805. The molecule has 0 aromatic carbocycles. The normalized spacial score (nSPS) is 10.4. The van der Waals surface area contributed by atoms with Crippen molar-refractivity contribution in [3.05, 3.63) is 37.4 Å². The smallest absolute Gasteiger partial charge is 0.176 e. The highest BCUT2D eigenvalue weighted by molar-refractivity contribution is 5.44. The van der Waals surface area contributed by atoms with Crippen LogP contribution in [0.4, 0.5) is 0 Å². The summed E-state index contributed by atoms with van der Waals surface area (Å²) in [6, 6.07) is 0. The van der Waals surface area contributed by atoms with Crippen LogP contribution in [0.2, 0.25) is 0 Å². The number of allylic oxidation sites excluding steroid dienone is 1. The summed E-state index contributed by atoms with van der Waals surface area (Å²) in [5.74, 6) is 1.74. The highest BCUT2D eigenvalue weighted by Crippen LogP contribution is 2.13. The maximum absolute atomic E-state index is 4.27. The zero-order chi connectivity index (χ0) is 9.97. The molecule has 0 unspecified atom stereocenters. The molecule has 0 bridgehead atoms. The summed E-state index contributed by atoms with van der Waals surface area (Å²) < 4.78 is 3.96. The summed E-state index contributed by atoms with van der Waals surface area (Å²) in [6.45, 7) is 4.46. The molecule has 4 nitrogen and oxygen atoms in total. The number of aryl methyl sites for hydroxylation is 1. The fraction of sp³-hybridized carbons (Fsp3) is 0.200. The summed E-state index contributed by atoms with van der Waals surface area (Å²) in [6.07, 6.45) is 9.21. The van der Waals surface area contributed by atoms with Gasteiger partial charge in [-0.1, -0.05) is 6.08 Å². The highest BCUT2D eigenvalue weighted by Gasteiger charge is 2.08. The molecule has 14 heavy (non-hydrogen) atoms. The molecule has 0 atom stereocenters. The first-order valence-corrected chi connectivity index (χ1v) is 4.42. The van der Waals surface area contributed by atoms with E-state index >= 15 is 0 Å². The van der Waals surface area contributed by atoms with Gasteiger partial charge in [-0.25, -0.2) is 9.97 Å². The first-order chi connectivity index (χ1) is 6.83. The van der Waals surface area contributed by atoms with Gasteiger partial charge < -0.3 is 9.13 Å². The van der Waals surface area contributed by atoms with Crippen molar-refractivity contribution in [2.45, 2.75) is 6.54 Å². The van der Waals surface area contributed by atoms with Gasteiger partial charge in [0.2, 0.25) is 0 Å². The van der Waals surface area contributed by atoms with Crippen LogP contribution in [-0.4, -0.2) is 19.1 Å². The van der Waals surface area contributed by atoms with E-state index in [4.69, 9.17) is 0 Å². The Morgan fingerprint density at radius 2 is 2.00 bits per heavy atom. The topological polar surface area (TPSA) is 35.6 Å². The molecule has 0 amide bonds. The summed E-state index contributed by atoms with van der Waals surface area (Å²) >= 11 is 0. The molecule has 0 saturated heterocycles. The molecular weight excluding hydrogens is 176 g/mol. The number of hydrogen-bond donors (Lipinski definition) is 0. The van der Waals surface area contributed by atoms with Gasteiger partial charge in [-0.05, 0) is 0 Å². The second-order valence-electron chi connectivity index (χ2n) is 3.05. The van der Waals surface area contributed by atoms with E-state index in [1.807, 2.05) is 34.7 Å². The van der Waals surface area contributed by atoms with Crippen LogP contribution in [0.5, 0.6) is 0 Å². The number of imidazole rings is 2. The van der Waals surface area contributed by atoms with Gasteiger partial charge in [0.15, 0.2) is 11.6 Å². The van der Waals surface area contributed by atoms with Crippen LogP contribution in [0.15, 0.2) is 37.4 Å². The molecule has 0 aliphatic heterocycles. The molecule has 2 aromatic heterocycles. The van der Waals surface area contributed by atoms with Crippen LogP contribution in [0.25, 0.3) is 11.6 Å². The summed E-state index contributed by atoms with van der Waals surface area (Å²) in [4.78, 5) is 8.52. The standard InChI is InChI=1S/C10H12N4/c1-3-6-14-8-5-12-10(14)9-11-4-7-13(9)2/h3-5,7-8H,1,6H2,2H3. The van der Waals surface area contributed by atoms with Gasteiger partial charge in [0, 0.05) is 38.4 Å². The number of rotatable bonds is 3. The lowest BCUT2D eigenvalue weighted by atomic mass is 10.5. The van der Waals surface area contributed by atoms with Crippen LogP contribution in [0.3, 0.4) is 0 Å². The van der Waals surface area contributed by atoms with Crippen LogP contribution >= 0.6 is 0 Å². The van der Waals surface area contributed by atoms with Crippen molar-refractivity contribution in [2.75, 3.05) is 0 Å². The SMILES string of the molecule is C=CCn1ccnc1-c1nccn1C. The average Bonchev–Trinajstić information content (AvgIpc) is 2.74. The molecule has 2 heterocycles. The Kier molecular flexibility index (Phi) is 2.18. The molecule has 72 valence electrons. The van der Waals surface area contributed by atoms with Gasteiger partial charge in [-0.2, -0.15) is 0 Å². The van der Waals surface area contributed by atoms with Crippen molar-refractivity contribution in [3.8, 4) is 11.6 Å². The van der Waals surface area contributed by atoms with E-state index in [0.29, 0.717) is 0 Å². The molecule has 2 aromatic rings. The molecule has 0 aliphatic carbocycles. The molecular formula is C10H12N4. The van der Waals surface area contributed by atoms with Gasteiger partial charge >= 0.3 is 0 Å². The molecule has 0 fully saturated rings. The van der Waals surface area contributed by atoms with Crippen molar-refractivity contribution in [2.24, 2.45) is 7.05 Å². The summed E-state index contributed by atoms with van der Waals surface area (Å²) in [7, 11) is 1.95. The Bertz CT molecular complexity index is 438. The molecule has 0 aliphatic rings. The first kappa shape index (κ1) is 8.74. The Morgan fingerprint density at radius 3 is 2.64 bits per heavy atom. The minimum Gasteiger partial charge on any atom is -0.331 e. The Morgan fingerprint density at radius 1 is 1.29 bits per heavy atom. The van der Waals surface area contributed by atoms with E-state index in [1.54, 1.807) is 12.4 Å². The van der Waals surface area contributed by atoms with Crippen molar-refractivity contribution in [3.63, 3.8) is 0 Å². The second kappa shape index (κ2) is 3.49. The van der Waals surface area contributed by atoms with E-state index in [9.17, 15) is 0 Å². The van der Waals surface area contributed by atoms with Gasteiger partial charge in [0.05, 0.1) is 0 Å². The van der Waals surface area contributed by atoms with E-state index in [0.717, 1.165) is 18.2 Å². The van der Waals surface area contributed by atoms with Gasteiger partial charge in [-0.15, -0.1) is 6.58 Å². The molecule has 4 heteroatoms. The zero-order valence-electron chi connectivity index (χ0n) is 8.09. The van der Waals surface area contributed by atoms with Crippen LogP contribution < -0.4 is 0 Å². The lowest BCUT2D eigenvalue weighted by Gasteiger charge is -2.04. The minimum absolute atomic E-state index is 0.752. The van der Waals surface area contributed by atoms with Crippen molar-refractivity contribution < 1.29 is 0 Å². The number of hydrogen-bond acceptors (Lipinski definition) is 2. The van der Waals surface area contributed by atoms with Crippen molar-refractivity contribution in [1.82, 2.24) is 19.1 Å². The quantitative estimate of drug-likeness (QED) is 0.684. The third kappa shape index (κ3) is 1.35. The molecule has 0 saturated carbocycles. The van der Waals surface area contributed by atoms with E-state index in [1.165, 1.54) is 0 Å². The fourth-order valence-corrected chi connectivity index (χ4v) is 1.38. The zero-order valence-corrected chi connectivity index (χ0v) is 8.09. The van der Waals surface area contributed by atoms with Crippen molar-refractivity contribution in [1.29, 1.82) is 0 Å². The third-order valence-electron chi connectivity index (χ3n) is 2.06. The van der Waals surface area contributed by atoms with Crippen LogP contribution in [0, 0.1) is 0 Å². The predicted molar refractivity (Wildman–Crippen MR) is 54.6 cm³/mol. The largest absolute Gasteiger partial charge is 0.331 e. The Hall–Kier alpha value is -1.84. The summed E-state index contributed by atoms with van der Waals surface area (Å²) in [5.41, 5.74) is 0. The van der Waals surface area contributed by atoms with Crippen LogP contribution in [0.1, 0.15) is 0 Å². The summed E-state index contributed by atoms with van der Waals surface area (Å²) in [5, 5.41) is 0. The maximum atomic E-state index is 4.27. The fourth-order valence-electron chi connectivity index (χ4n) is 1.38. The molecule has 0 spiro atoms. The molecule has 2 rings (SSSR count). The average molecular weight is 188 g/mol. The monoisotopic (exact) mass is 188 g/mol. The van der Waals surface area contributed by atoms with Crippen molar-refractivity contribution >= 4 is 0 Å². The number of nitrogens with zero attached hydrogens (tertiary/aromatic N) is 4. The lowest BCUT2D eigenvalue weighted by Crippen LogP contribution is -2.01. The Labute approximate surface area is 82.5 Å². The molecule has 0 N–H and O–H groups in total. The van der Waals surface area contributed by atoms with E-state index in [2.05, 4.69) is 16.5 Å². The van der Waals surface area contributed by atoms with Gasteiger partial charge in [0.25, 0.3) is 0 Å². The minimum atomic E-state index is 0.752. The van der Waals surface area contributed by atoms with Crippen LogP contribution in [-0.2, 0) is 13.6 Å². The maximum Gasteiger partial charge on any atom is 0.176 e. The van der Waals surface area contributed by atoms with Gasteiger partial charge in [-0.3, -0.25) is 0 Å². The third-order valence-corrected chi connectivity index (χ3v) is 2.06.